The SMILES string of the molecule is CCCS(=O)(=O)N1CCCC1C(=O)N(C)Cc1ccc(CC)cc1. The molecule has 1 aromatic carbocycles. The average molecular weight is 353 g/mol. The summed E-state index contributed by atoms with van der Waals surface area (Å²) in [6, 6.07) is 7.66. The number of carbonyl (C=O) groups excluding carboxylic acids is 1. The molecule has 24 heavy (non-hydrogen) atoms. The van der Waals surface area contributed by atoms with Crippen molar-refractivity contribution in [3.63, 3.8) is 0 Å². The van der Waals surface area contributed by atoms with Crippen molar-refractivity contribution in [1.82, 2.24) is 9.21 Å². The molecular weight excluding hydrogens is 324 g/mol. The lowest BCUT2D eigenvalue weighted by molar-refractivity contribution is -0.133. The van der Waals surface area contributed by atoms with E-state index in [1.54, 1.807) is 11.9 Å². The van der Waals surface area contributed by atoms with Crippen LogP contribution in [0.3, 0.4) is 0 Å². The minimum atomic E-state index is -3.33. The third-order valence-electron chi connectivity index (χ3n) is 4.54. The van der Waals surface area contributed by atoms with Gasteiger partial charge >= 0.3 is 0 Å². The summed E-state index contributed by atoms with van der Waals surface area (Å²) in [6.45, 7) is 4.91. The van der Waals surface area contributed by atoms with Gasteiger partial charge in [-0.3, -0.25) is 4.79 Å². The molecule has 1 unspecified atom stereocenters. The van der Waals surface area contributed by atoms with Gasteiger partial charge in [-0.25, -0.2) is 8.42 Å². The maximum absolute atomic E-state index is 12.8. The van der Waals surface area contributed by atoms with E-state index in [-0.39, 0.29) is 11.7 Å². The molecule has 1 aliphatic rings. The topological polar surface area (TPSA) is 57.7 Å². The van der Waals surface area contributed by atoms with Crippen LogP contribution in [-0.4, -0.2) is 48.9 Å². The van der Waals surface area contributed by atoms with Crippen LogP contribution in [0.25, 0.3) is 0 Å². The van der Waals surface area contributed by atoms with E-state index in [4.69, 9.17) is 0 Å². The van der Waals surface area contributed by atoms with Gasteiger partial charge in [0.05, 0.1) is 5.75 Å². The summed E-state index contributed by atoms with van der Waals surface area (Å²) in [4.78, 5) is 14.4. The van der Waals surface area contributed by atoms with E-state index in [0.717, 1.165) is 18.4 Å². The van der Waals surface area contributed by atoms with Crippen LogP contribution in [0.4, 0.5) is 0 Å². The molecule has 1 fully saturated rings. The Morgan fingerprint density at radius 1 is 1.21 bits per heavy atom. The quantitative estimate of drug-likeness (QED) is 0.757. The summed E-state index contributed by atoms with van der Waals surface area (Å²) in [6.07, 6.45) is 2.92. The van der Waals surface area contributed by atoms with Crippen molar-refractivity contribution in [2.24, 2.45) is 0 Å². The summed E-state index contributed by atoms with van der Waals surface area (Å²) in [5.74, 6) is 0.00523. The maximum Gasteiger partial charge on any atom is 0.241 e. The van der Waals surface area contributed by atoms with E-state index in [9.17, 15) is 13.2 Å². The highest BCUT2D eigenvalue weighted by Gasteiger charge is 2.39. The Bertz CT molecular complexity index is 655. The lowest BCUT2D eigenvalue weighted by Gasteiger charge is -2.27. The van der Waals surface area contributed by atoms with Crippen LogP contribution in [0, 0.1) is 0 Å². The van der Waals surface area contributed by atoms with Gasteiger partial charge in [0.15, 0.2) is 0 Å². The molecule has 0 saturated carbocycles. The van der Waals surface area contributed by atoms with Crippen molar-refractivity contribution in [2.45, 2.75) is 52.1 Å². The summed E-state index contributed by atoms with van der Waals surface area (Å²) < 4.78 is 26.1. The fraction of sp³-hybridized carbons (Fsp3) is 0.611. The number of carbonyl (C=O) groups is 1. The number of sulfonamides is 1. The largest absolute Gasteiger partial charge is 0.340 e. The van der Waals surface area contributed by atoms with Crippen LogP contribution in [-0.2, 0) is 27.8 Å². The van der Waals surface area contributed by atoms with Crippen molar-refractivity contribution in [3.8, 4) is 0 Å². The number of nitrogens with zero attached hydrogens (tertiary/aromatic N) is 2. The van der Waals surface area contributed by atoms with Gasteiger partial charge in [0.2, 0.25) is 15.9 Å². The van der Waals surface area contributed by atoms with Crippen molar-refractivity contribution >= 4 is 15.9 Å². The molecule has 0 spiro atoms. The third-order valence-corrected chi connectivity index (χ3v) is 6.61. The Morgan fingerprint density at radius 3 is 2.42 bits per heavy atom. The molecule has 1 aliphatic heterocycles. The van der Waals surface area contributed by atoms with Gasteiger partial charge in [0.25, 0.3) is 0 Å². The molecule has 5 nitrogen and oxygen atoms in total. The summed E-state index contributed by atoms with van der Waals surface area (Å²) >= 11 is 0. The summed E-state index contributed by atoms with van der Waals surface area (Å²) in [7, 11) is -1.58. The first-order valence-corrected chi connectivity index (χ1v) is 10.3. The van der Waals surface area contributed by atoms with Crippen LogP contribution in [0.5, 0.6) is 0 Å². The smallest absolute Gasteiger partial charge is 0.241 e. The van der Waals surface area contributed by atoms with Crippen molar-refractivity contribution in [1.29, 1.82) is 0 Å². The van der Waals surface area contributed by atoms with Crippen molar-refractivity contribution < 1.29 is 13.2 Å². The van der Waals surface area contributed by atoms with E-state index < -0.39 is 16.1 Å². The maximum atomic E-state index is 12.8. The number of hydrogen-bond acceptors (Lipinski definition) is 3. The average Bonchev–Trinajstić information content (AvgIpc) is 3.05. The molecule has 1 amide bonds. The fourth-order valence-electron chi connectivity index (χ4n) is 3.18. The minimum Gasteiger partial charge on any atom is -0.340 e. The van der Waals surface area contributed by atoms with Crippen LogP contribution < -0.4 is 0 Å². The lowest BCUT2D eigenvalue weighted by Crippen LogP contribution is -2.46. The number of rotatable bonds is 7. The lowest BCUT2D eigenvalue weighted by atomic mass is 10.1. The number of amides is 1. The molecule has 0 N–H and O–H groups in total. The molecule has 1 heterocycles. The summed E-state index contributed by atoms with van der Waals surface area (Å²) in [5, 5.41) is 0. The van der Waals surface area contributed by atoms with E-state index in [0.29, 0.717) is 25.9 Å². The molecule has 0 aliphatic carbocycles. The second kappa shape index (κ2) is 8.12. The number of likely N-dealkylation sites (N-methyl/N-ethyl adjacent to an activating group) is 1. The zero-order valence-electron chi connectivity index (χ0n) is 14.9. The van der Waals surface area contributed by atoms with Crippen LogP contribution >= 0.6 is 0 Å². The van der Waals surface area contributed by atoms with Gasteiger partial charge in [0.1, 0.15) is 6.04 Å². The Balaban J connectivity index is 2.05. The normalized spacial score (nSPS) is 18.7. The number of benzene rings is 1. The van der Waals surface area contributed by atoms with Crippen LogP contribution in [0.1, 0.15) is 44.2 Å². The molecule has 1 aromatic rings. The zero-order valence-corrected chi connectivity index (χ0v) is 15.7. The van der Waals surface area contributed by atoms with Gasteiger partial charge < -0.3 is 4.90 Å². The first-order chi connectivity index (χ1) is 11.4. The monoisotopic (exact) mass is 352 g/mol. The first-order valence-electron chi connectivity index (χ1n) is 8.71. The molecule has 1 atom stereocenters. The molecule has 6 heteroatoms. The molecule has 2 rings (SSSR count). The van der Waals surface area contributed by atoms with E-state index >= 15 is 0 Å². The van der Waals surface area contributed by atoms with Crippen molar-refractivity contribution in [3.05, 3.63) is 35.4 Å². The van der Waals surface area contributed by atoms with E-state index in [2.05, 4.69) is 19.1 Å². The predicted molar refractivity (Wildman–Crippen MR) is 96.1 cm³/mol. The number of aryl methyl sites for hydroxylation is 1. The van der Waals surface area contributed by atoms with Gasteiger partial charge in [-0.05, 0) is 36.8 Å². The standard InChI is InChI=1S/C18H28N2O3S/c1-4-13-24(22,23)20-12-6-7-17(20)18(21)19(3)14-16-10-8-15(5-2)9-11-16/h8-11,17H,4-7,12-14H2,1-3H3. The highest BCUT2D eigenvalue weighted by molar-refractivity contribution is 7.89. The van der Waals surface area contributed by atoms with Crippen molar-refractivity contribution in [2.75, 3.05) is 19.3 Å². The Kier molecular flexibility index (Phi) is 6.40. The summed E-state index contributed by atoms with van der Waals surface area (Å²) in [5.41, 5.74) is 2.32. The van der Waals surface area contributed by atoms with E-state index in [1.807, 2.05) is 19.1 Å². The van der Waals surface area contributed by atoms with Crippen LogP contribution in [0.15, 0.2) is 24.3 Å². The Hall–Kier alpha value is -1.40. The third kappa shape index (κ3) is 4.36. The molecule has 0 aromatic heterocycles. The molecule has 134 valence electrons. The second-order valence-corrected chi connectivity index (χ2v) is 8.49. The van der Waals surface area contributed by atoms with Gasteiger partial charge in [-0.15, -0.1) is 0 Å². The Morgan fingerprint density at radius 2 is 1.83 bits per heavy atom. The second-order valence-electron chi connectivity index (χ2n) is 6.45. The fourth-order valence-corrected chi connectivity index (χ4v) is 4.92. The van der Waals surface area contributed by atoms with Gasteiger partial charge in [-0.1, -0.05) is 38.1 Å². The van der Waals surface area contributed by atoms with Crippen LogP contribution in [0.2, 0.25) is 0 Å². The number of hydrogen-bond donors (Lipinski definition) is 0. The zero-order chi connectivity index (χ0) is 17.7. The highest BCUT2D eigenvalue weighted by Crippen LogP contribution is 2.24. The van der Waals surface area contributed by atoms with E-state index in [1.165, 1.54) is 9.87 Å². The Labute approximate surface area is 145 Å². The first kappa shape index (κ1) is 18.9. The molecule has 0 bridgehead atoms. The highest BCUT2D eigenvalue weighted by atomic mass is 32.2. The van der Waals surface area contributed by atoms with Gasteiger partial charge in [-0.2, -0.15) is 4.31 Å². The van der Waals surface area contributed by atoms with Gasteiger partial charge in [0, 0.05) is 20.1 Å². The minimum absolute atomic E-state index is 0.105. The molecule has 1 saturated heterocycles. The molecule has 0 radical (unpaired) electrons. The molecular formula is C18H28N2O3S. The predicted octanol–water partition coefficient (Wildman–Crippen LogP) is 2.41.